The summed E-state index contributed by atoms with van der Waals surface area (Å²) in [6.45, 7) is 16.7. The lowest BCUT2D eigenvalue weighted by Gasteiger charge is -2.24. The van der Waals surface area contributed by atoms with Crippen LogP contribution in [0, 0.1) is 5.41 Å². The maximum absolute atomic E-state index is 3.36. The Balaban J connectivity index is 0. The lowest BCUT2D eigenvalue weighted by atomic mass is 9.82. The highest BCUT2D eigenvalue weighted by Crippen LogP contribution is 2.30. The zero-order valence-corrected chi connectivity index (χ0v) is 11.7. The molecule has 0 saturated heterocycles. The van der Waals surface area contributed by atoms with Crippen LogP contribution in [0.5, 0.6) is 0 Å². The molecular formula is C15H30. The van der Waals surface area contributed by atoms with E-state index in [1.54, 1.807) is 11.6 Å². The zero-order chi connectivity index (χ0) is 12.3. The molecule has 0 radical (unpaired) electrons. The second kappa shape index (κ2) is 10.0. The molecule has 0 aromatic heterocycles. The molecule has 0 nitrogen and oxygen atoms in total. The molecular weight excluding hydrogens is 180 g/mol. The zero-order valence-electron chi connectivity index (χ0n) is 11.7. The summed E-state index contributed by atoms with van der Waals surface area (Å²) in [5.74, 6) is 0. The highest BCUT2D eigenvalue weighted by Gasteiger charge is 2.16. The Morgan fingerprint density at radius 3 is 2.07 bits per heavy atom. The molecule has 0 aliphatic carbocycles. The van der Waals surface area contributed by atoms with Gasteiger partial charge in [-0.25, -0.2) is 0 Å². The maximum atomic E-state index is 3.36. The SMILES string of the molecule is C=CC.CC/C=C(\C)CC(C)(C)CCC. The van der Waals surface area contributed by atoms with E-state index in [1.807, 2.05) is 6.92 Å². The molecule has 90 valence electrons. The van der Waals surface area contributed by atoms with Crippen molar-refractivity contribution in [1.82, 2.24) is 0 Å². The van der Waals surface area contributed by atoms with Crippen LogP contribution in [0.2, 0.25) is 0 Å². The predicted octanol–water partition coefficient (Wildman–Crippen LogP) is 5.75. The molecule has 0 spiro atoms. The van der Waals surface area contributed by atoms with Crippen molar-refractivity contribution in [3.63, 3.8) is 0 Å². The van der Waals surface area contributed by atoms with Crippen LogP contribution in [0.4, 0.5) is 0 Å². The Labute approximate surface area is 97.5 Å². The molecule has 0 amide bonds. The highest BCUT2D eigenvalue weighted by molar-refractivity contribution is 5.00. The van der Waals surface area contributed by atoms with E-state index in [2.05, 4.69) is 47.3 Å². The molecule has 0 heteroatoms. The van der Waals surface area contributed by atoms with Crippen LogP contribution in [0.25, 0.3) is 0 Å². The fraction of sp³-hybridized carbons (Fsp3) is 0.733. The fourth-order valence-electron chi connectivity index (χ4n) is 1.94. The number of hydrogen-bond acceptors (Lipinski definition) is 0. The van der Waals surface area contributed by atoms with Crippen LogP contribution in [-0.2, 0) is 0 Å². The Kier molecular flexibility index (Phi) is 11.3. The van der Waals surface area contributed by atoms with E-state index in [9.17, 15) is 0 Å². The molecule has 0 saturated carbocycles. The first-order chi connectivity index (χ1) is 6.93. The molecule has 0 aliphatic rings. The van der Waals surface area contributed by atoms with Crippen molar-refractivity contribution in [1.29, 1.82) is 0 Å². The van der Waals surface area contributed by atoms with E-state index in [4.69, 9.17) is 0 Å². The van der Waals surface area contributed by atoms with Gasteiger partial charge in [-0.05, 0) is 38.5 Å². The lowest BCUT2D eigenvalue weighted by molar-refractivity contribution is 0.328. The molecule has 0 unspecified atom stereocenters. The van der Waals surface area contributed by atoms with Crippen molar-refractivity contribution in [3.05, 3.63) is 24.3 Å². The van der Waals surface area contributed by atoms with Crippen LogP contribution in [0.15, 0.2) is 24.3 Å². The van der Waals surface area contributed by atoms with Gasteiger partial charge >= 0.3 is 0 Å². The van der Waals surface area contributed by atoms with Crippen LogP contribution in [0.1, 0.15) is 67.2 Å². The van der Waals surface area contributed by atoms with Gasteiger partial charge in [-0.3, -0.25) is 0 Å². The van der Waals surface area contributed by atoms with Gasteiger partial charge in [-0.15, -0.1) is 6.58 Å². The summed E-state index contributed by atoms with van der Waals surface area (Å²) < 4.78 is 0. The molecule has 0 heterocycles. The number of rotatable bonds is 5. The molecule has 15 heavy (non-hydrogen) atoms. The summed E-state index contributed by atoms with van der Waals surface area (Å²) in [7, 11) is 0. The molecule has 0 fully saturated rings. The molecule has 0 bridgehead atoms. The number of allylic oxidation sites excluding steroid dienone is 3. The van der Waals surface area contributed by atoms with Crippen molar-refractivity contribution in [2.45, 2.75) is 67.2 Å². The van der Waals surface area contributed by atoms with E-state index in [0.717, 1.165) is 0 Å². The average molecular weight is 210 g/mol. The van der Waals surface area contributed by atoms with Gasteiger partial charge in [-0.1, -0.05) is 51.8 Å². The average Bonchev–Trinajstić information content (AvgIpc) is 2.03. The Morgan fingerprint density at radius 2 is 1.73 bits per heavy atom. The van der Waals surface area contributed by atoms with Gasteiger partial charge in [0.25, 0.3) is 0 Å². The van der Waals surface area contributed by atoms with E-state index in [0.29, 0.717) is 5.41 Å². The van der Waals surface area contributed by atoms with Crippen LogP contribution in [-0.4, -0.2) is 0 Å². The predicted molar refractivity (Wildman–Crippen MR) is 73.2 cm³/mol. The smallest absolute Gasteiger partial charge is 0.0271 e. The van der Waals surface area contributed by atoms with E-state index >= 15 is 0 Å². The van der Waals surface area contributed by atoms with Gasteiger partial charge in [0.15, 0.2) is 0 Å². The van der Waals surface area contributed by atoms with E-state index in [-0.39, 0.29) is 0 Å². The molecule has 0 rings (SSSR count). The van der Waals surface area contributed by atoms with Crippen molar-refractivity contribution in [2.24, 2.45) is 5.41 Å². The van der Waals surface area contributed by atoms with E-state index in [1.165, 1.54) is 25.7 Å². The fourth-order valence-corrected chi connectivity index (χ4v) is 1.94. The number of hydrogen-bond donors (Lipinski definition) is 0. The second-order valence-corrected chi connectivity index (χ2v) is 4.96. The van der Waals surface area contributed by atoms with Crippen molar-refractivity contribution in [3.8, 4) is 0 Å². The summed E-state index contributed by atoms with van der Waals surface area (Å²) in [5.41, 5.74) is 2.06. The third-order valence-electron chi connectivity index (χ3n) is 2.24. The topological polar surface area (TPSA) is 0 Å². The minimum Gasteiger partial charge on any atom is -0.103 e. The summed E-state index contributed by atoms with van der Waals surface area (Å²) in [5, 5.41) is 0. The molecule has 0 N–H and O–H groups in total. The molecule has 0 atom stereocenters. The lowest BCUT2D eigenvalue weighted by Crippen LogP contribution is -2.10. The monoisotopic (exact) mass is 210 g/mol. The van der Waals surface area contributed by atoms with Crippen LogP contribution in [0.3, 0.4) is 0 Å². The first kappa shape index (κ1) is 16.9. The van der Waals surface area contributed by atoms with Gasteiger partial charge in [0.05, 0.1) is 0 Å². The third kappa shape index (κ3) is 13.5. The van der Waals surface area contributed by atoms with Crippen molar-refractivity contribution >= 4 is 0 Å². The summed E-state index contributed by atoms with van der Waals surface area (Å²) in [4.78, 5) is 0. The standard InChI is InChI=1S/C12H24.C3H6/c1-6-8-11(3)10-12(4,5)9-7-2;1-3-2/h8H,6-7,9-10H2,1-5H3;3H,1H2,2H3/b11-8+;. The largest absolute Gasteiger partial charge is 0.103 e. The third-order valence-corrected chi connectivity index (χ3v) is 2.24. The van der Waals surface area contributed by atoms with Gasteiger partial charge in [-0.2, -0.15) is 0 Å². The minimum atomic E-state index is 0.504. The normalized spacial score (nSPS) is 11.7. The summed E-state index contributed by atoms with van der Waals surface area (Å²) >= 11 is 0. The molecule has 0 aliphatic heterocycles. The highest BCUT2D eigenvalue weighted by atomic mass is 14.2. The first-order valence-corrected chi connectivity index (χ1v) is 6.16. The van der Waals surface area contributed by atoms with Crippen molar-refractivity contribution in [2.75, 3.05) is 0 Å². The second-order valence-electron chi connectivity index (χ2n) is 4.96. The van der Waals surface area contributed by atoms with Crippen molar-refractivity contribution < 1.29 is 0 Å². The summed E-state index contributed by atoms with van der Waals surface area (Å²) in [6, 6.07) is 0. The molecule has 0 aromatic rings. The van der Waals surface area contributed by atoms with Gasteiger partial charge in [0, 0.05) is 0 Å². The summed E-state index contributed by atoms with van der Waals surface area (Å²) in [6.07, 6.45) is 9.16. The quantitative estimate of drug-likeness (QED) is 0.507. The minimum absolute atomic E-state index is 0.504. The maximum Gasteiger partial charge on any atom is -0.0271 e. The van der Waals surface area contributed by atoms with Gasteiger partial charge < -0.3 is 0 Å². The van der Waals surface area contributed by atoms with E-state index < -0.39 is 0 Å². The Hall–Kier alpha value is -0.520. The van der Waals surface area contributed by atoms with Gasteiger partial charge in [0.1, 0.15) is 0 Å². The first-order valence-electron chi connectivity index (χ1n) is 6.16. The van der Waals surface area contributed by atoms with Crippen LogP contribution >= 0.6 is 0 Å². The Bertz CT molecular complexity index is 172. The Morgan fingerprint density at radius 1 is 1.27 bits per heavy atom. The van der Waals surface area contributed by atoms with Gasteiger partial charge in [0.2, 0.25) is 0 Å². The van der Waals surface area contributed by atoms with Crippen LogP contribution < -0.4 is 0 Å². The molecule has 0 aromatic carbocycles.